The van der Waals surface area contributed by atoms with Gasteiger partial charge in [-0.1, -0.05) is 0 Å². The highest BCUT2D eigenvalue weighted by atomic mass is 16.2. The predicted molar refractivity (Wildman–Crippen MR) is 74.6 cm³/mol. The Bertz CT molecular complexity index is 396. The Morgan fingerprint density at radius 1 is 1.28 bits per heavy atom. The smallest absolute Gasteiger partial charge is 0.242 e. The molecule has 1 heterocycles. The van der Waals surface area contributed by atoms with Crippen LogP contribution in [0.5, 0.6) is 0 Å². The summed E-state index contributed by atoms with van der Waals surface area (Å²) in [4.78, 5) is 16.2. The zero-order valence-electron chi connectivity index (χ0n) is 10.9. The summed E-state index contributed by atoms with van der Waals surface area (Å²) in [6, 6.07) is 7.68. The molecule has 0 atom stereocenters. The van der Waals surface area contributed by atoms with Crippen LogP contribution in [-0.2, 0) is 4.79 Å². The van der Waals surface area contributed by atoms with E-state index in [1.54, 1.807) is 0 Å². The maximum Gasteiger partial charge on any atom is 0.242 e. The van der Waals surface area contributed by atoms with Crippen molar-refractivity contribution in [2.24, 2.45) is 0 Å². The maximum absolute atomic E-state index is 12.1. The molecule has 98 valence electrons. The van der Waals surface area contributed by atoms with E-state index >= 15 is 0 Å². The first-order chi connectivity index (χ1) is 8.70. The Morgan fingerprint density at radius 2 is 1.89 bits per heavy atom. The van der Waals surface area contributed by atoms with Crippen molar-refractivity contribution in [3.63, 3.8) is 0 Å². The van der Waals surface area contributed by atoms with E-state index in [1.807, 2.05) is 29.2 Å². The fourth-order valence-electron chi connectivity index (χ4n) is 2.30. The number of hydrogen-bond acceptors (Lipinski definition) is 3. The first-order valence-corrected chi connectivity index (χ1v) is 6.59. The highest BCUT2D eigenvalue weighted by Crippen LogP contribution is 2.17. The number of nitrogens with zero attached hydrogens (tertiary/aromatic N) is 2. The molecule has 4 nitrogen and oxygen atoms in total. The molecule has 2 rings (SSSR count). The van der Waals surface area contributed by atoms with Gasteiger partial charge in [0.1, 0.15) is 0 Å². The summed E-state index contributed by atoms with van der Waals surface area (Å²) >= 11 is 0. The monoisotopic (exact) mass is 247 g/mol. The summed E-state index contributed by atoms with van der Waals surface area (Å²) in [7, 11) is 0. The molecule has 1 amide bonds. The van der Waals surface area contributed by atoms with E-state index in [1.165, 1.54) is 0 Å². The second-order valence-electron chi connectivity index (χ2n) is 4.69. The minimum atomic E-state index is 0.228. The Hall–Kier alpha value is -1.71. The van der Waals surface area contributed by atoms with Gasteiger partial charge in [0.15, 0.2) is 0 Å². The van der Waals surface area contributed by atoms with Gasteiger partial charge in [0, 0.05) is 31.0 Å². The van der Waals surface area contributed by atoms with Crippen molar-refractivity contribution < 1.29 is 4.79 Å². The van der Waals surface area contributed by atoms with Crippen molar-refractivity contribution in [2.75, 3.05) is 36.8 Å². The highest BCUT2D eigenvalue weighted by Gasteiger charge is 2.19. The molecule has 0 aromatic heterocycles. The number of benzene rings is 1. The quantitative estimate of drug-likeness (QED) is 0.824. The lowest BCUT2D eigenvalue weighted by Crippen LogP contribution is -2.39. The van der Waals surface area contributed by atoms with E-state index in [0.29, 0.717) is 6.54 Å². The topological polar surface area (TPSA) is 49.6 Å². The number of amides is 1. The molecular weight excluding hydrogens is 226 g/mol. The second kappa shape index (κ2) is 5.76. The van der Waals surface area contributed by atoms with Gasteiger partial charge in [0.2, 0.25) is 5.91 Å². The lowest BCUT2D eigenvalue weighted by Gasteiger charge is -2.25. The summed E-state index contributed by atoms with van der Waals surface area (Å²) < 4.78 is 0. The molecule has 0 spiro atoms. The van der Waals surface area contributed by atoms with Crippen molar-refractivity contribution in [1.82, 2.24) is 4.90 Å². The van der Waals surface area contributed by atoms with E-state index in [2.05, 4.69) is 11.8 Å². The molecule has 1 aliphatic heterocycles. The van der Waals surface area contributed by atoms with Crippen LogP contribution in [0.2, 0.25) is 0 Å². The van der Waals surface area contributed by atoms with Crippen LogP contribution >= 0.6 is 0 Å². The fraction of sp³-hybridized carbons (Fsp3) is 0.500. The number of carbonyl (C=O) groups excluding carboxylic acids is 1. The van der Waals surface area contributed by atoms with Crippen LogP contribution in [0.15, 0.2) is 24.3 Å². The molecule has 1 aromatic carbocycles. The van der Waals surface area contributed by atoms with Gasteiger partial charge < -0.3 is 15.5 Å². The molecule has 2 N–H and O–H groups in total. The number of rotatable bonds is 4. The standard InChI is InChI=1S/C14H21N3O/c1-2-16(13-7-5-12(15)6-8-13)11-14(18)17-9-3-4-10-17/h5-8H,2-4,9-11,15H2,1H3. The Labute approximate surface area is 108 Å². The van der Waals surface area contributed by atoms with Crippen molar-refractivity contribution in [2.45, 2.75) is 19.8 Å². The van der Waals surface area contributed by atoms with E-state index in [9.17, 15) is 4.79 Å². The molecule has 1 fully saturated rings. The number of likely N-dealkylation sites (N-methyl/N-ethyl adjacent to an activating group) is 1. The SMILES string of the molecule is CCN(CC(=O)N1CCCC1)c1ccc(N)cc1. The number of carbonyl (C=O) groups is 1. The van der Waals surface area contributed by atoms with Crippen molar-refractivity contribution >= 4 is 17.3 Å². The Balaban J connectivity index is 2.00. The summed E-state index contributed by atoms with van der Waals surface area (Å²) in [5.74, 6) is 0.228. The van der Waals surface area contributed by atoms with Gasteiger partial charge >= 0.3 is 0 Å². The van der Waals surface area contributed by atoms with Crippen molar-refractivity contribution in [3.05, 3.63) is 24.3 Å². The van der Waals surface area contributed by atoms with Gasteiger partial charge in [0.05, 0.1) is 6.54 Å². The van der Waals surface area contributed by atoms with E-state index in [-0.39, 0.29) is 5.91 Å². The molecule has 1 aliphatic rings. The average molecular weight is 247 g/mol. The molecule has 18 heavy (non-hydrogen) atoms. The Morgan fingerprint density at radius 3 is 2.44 bits per heavy atom. The number of nitrogens with two attached hydrogens (primary N) is 1. The van der Waals surface area contributed by atoms with Gasteiger partial charge in [-0.3, -0.25) is 4.79 Å². The van der Waals surface area contributed by atoms with E-state index < -0.39 is 0 Å². The summed E-state index contributed by atoms with van der Waals surface area (Å²) in [5, 5.41) is 0. The first-order valence-electron chi connectivity index (χ1n) is 6.59. The summed E-state index contributed by atoms with van der Waals surface area (Å²) in [5.41, 5.74) is 7.48. The minimum absolute atomic E-state index is 0.228. The van der Waals surface area contributed by atoms with Gasteiger partial charge in [-0.15, -0.1) is 0 Å². The lowest BCUT2D eigenvalue weighted by atomic mass is 10.2. The normalized spacial score (nSPS) is 14.8. The van der Waals surface area contributed by atoms with Crippen LogP contribution in [0, 0.1) is 0 Å². The molecule has 0 aliphatic carbocycles. The summed E-state index contributed by atoms with van der Waals surface area (Å²) in [6.45, 7) is 5.17. The Kier molecular flexibility index (Phi) is 4.07. The van der Waals surface area contributed by atoms with E-state index in [0.717, 1.165) is 43.9 Å². The fourth-order valence-corrected chi connectivity index (χ4v) is 2.30. The number of likely N-dealkylation sites (tertiary alicyclic amines) is 1. The van der Waals surface area contributed by atoms with Crippen LogP contribution < -0.4 is 10.6 Å². The zero-order valence-corrected chi connectivity index (χ0v) is 10.9. The minimum Gasteiger partial charge on any atom is -0.399 e. The third kappa shape index (κ3) is 2.94. The van der Waals surface area contributed by atoms with Gasteiger partial charge in [-0.2, -0.15) is 0 Å². The van der Waals surface area contributed by atoms with E-state index in [4.69, 9.17) is 5.73 Å². The molecule has 0 unspecified atom stereocenters. The largest absolute Gasteiger partial charge is 0.399 e. The van der Waals surface area contributed by atoms with Gasteiger partial charge in [0.25, 0.3) is 0 Å². The first kappa shape index (κ1) is 12.7. The molecule has 1 aromatic rings. The number of anilines is 2. The molecule has 0 bridgehead atoms. The van der Waals surface area contributed by atoms with Crippen molar-refractivity contribution in [1.29, 1.82) is 0 Å². The molecule has 0 saturated carbocycles. The van der Waals surface area contributed by atoms with Crippen LogP contribution in [0.25, 0.3) is 0 Å². The lowest BCUT2D eigenvalue weighted by molar-refractivity contribution is -0.128. The highest BCUT2D eigenvalue weighted by molar-refractivity contribution is 5.81. The van der Waals surface area contributed by atoms with Crippen molar-refractivity contribution in [3.8, 4) is 0 Å². The van der Waals surface area contributed by atoms with Crippen LogP contribution in [0.1, 0.15) is 19.8 Å². The predicted octanol–water partition coefficient (Wildman–Crippen LogP) is 1.72. The van der Waals surface area contributed by atoms with Gasteiger partial charge in [-0.25, -0.2) is 0 Å². The van der Waals surface area contributed by atoms with Crippen LogP contribution in [0.3, 0.4) is 0 Å². The molecule has 1 saturated heterocycles. The number of hydrogen-bond donors (Lipinski definition) is 1. The molecule has 0 radical (unpaired) electrons. The third-order valence-corrected chi connectivity index (χ3v) is 3.42. The zero-order chi connectivity index (χ0) is 13.0. The maximum atomic E-state index is 12.1. The molecule has 4 heteroatoms. The molecular formula is C14H21N3O. The second-order valence-corrected chi connectivity index (χ2v) is 4.69. The summed E-state index contributed by atoms with van der Waals surface area (Å²) in [6.07, 6.45) is 2.28. The number of nitrogen functional groups attached to an aromatic ring is 1. The average Bonchev–Trinajstić information content (AvgIpc) is 2.91. The van der Waals surface area contributed by atoms with Crippen LogP contribution in [0.4, 0.5) is 11.4 Å². The van der Waals surface area contributed by atoms with Crippen LogP contribution in [-0.4, -0.2) is 37.0 Å². The van der Waals surface area contributed by atoms with Gasteiger partial charge in [-0.05, 0) is 44.0 Å². The third-order valence-electron chi connectivity index (χ3n) is 3.42.